The average molecular weight is 445 g/mol. The van der Waals surface area contributed by atoms with Gasteiger partial charge in [-0.3, -0.25) is 9.59 Å². The second kappa shape index (κ2) is 8.67. The fourth-order valence-electron chi connectivity index (χ4n) is 4.27. The Morgan fingerprint density at radius 2 is 1.94 bits per heavy atom. The number of hydrogen-bond donors (Lipinski definition) is 1. The van der Waals surface area contributed by atoms with Gasteiger partial charge in [0.25, 0.3) is 11.8 Å². The molecular formula is C26H24FN3O3. The summed E-state index contributed by atoms with van der Waals surface area (Å²) in [6, 6.07) is 15.1. The predicted molar refractivity (Wildman–Crippen MR) is 125 cm³/mol. The van der Waals surface area contributed by atoms with Crippen LogP contribution in [-0.4, -0.2) is 54.8 Å². The molecule has 3 aromatic rings. The summed E-state index contributed by atoms with van der Waals surface area (Å²) in [5.41, 5.74) is 2.83. The molecule has 6 nitrogen and oxygen atoms in total. The van der Waals surface area contributed by atoms with Gasteiger partial charge in [-0.25, -0.2) is 4.39 Å². The second-order valence-corrected chi connectivity index (χ2v) is 8.43. The summed E-state index contributed by atoms with van der Waals surface area (Å²) in [7, 11) is 2.07. The van der Waals surface area contributed by atoms with Gasteiger partial charge in [0.1, 0.15) is 17.3 Å². The predicted octanol–water partition coefficient (Wildman–Crippen LogP) is 4.36. The van der Waals surface area contributed by atoms with Crippen molar-refractivity contribution < 1.29 is 18.4 Å². The topological polar surface area (TPSA) is 65.8 Å². The van der Waals surface area contributed by atoms with Crippen LogP contribution in [0.1, 0.15) is 28.1 Å². The van der Waals surface area contributed by atoms with Gasteiger partial charge in [0.2, 0.25) is 0 Å². The largest absolute Gasteiger partial charge is 0.457 e. The van der Waals surface area contributed by atoms with E-state index in [-0.39, 0.29) is 11.8 Å². The molecule has 1 aromatic heterocycles. The van der Waals surface area contributed by atoms with E-state index in [0.29, 0.717) is 40.5 Å². The Balaban J connectivity index is 1.39. The lowest BCUT2D eigenvalue weighted by atomic mass is 10.1. The van der Waals surface area contributed by atoms with Gasteiger partial charge in [-0.05, 0) is 68.6 Å². The second-order valence-electron chi connectivity index (χ2n) is 8.43. The summed E-state index contributed by atoms with van der Waals surface area (Å²) < 4.78 is 19.6. The summed E-state index contributed by atoms with van der Waals surface area (Å²) in [5.74, 6) is 0.366. The summed E-state index contributed by atoms with van der Waals surface area (Å²) in [6.45, 7) is 3.31. The molecule has 2 aromatic carbocycles. The third-order valence-corrected chi connectivity index (χ3v) is 6.08. The number of benzene rings is 2. The monoisotopic (exact) mass is 445 g/mol. The molecule has 0 radical (unpaired) electrons. The number of amides is 2. The van der Waals surface area contributed by atoms with Crippen molar-refractivity contribution >= 4 is 29.2 Å². The molecule has 1 saturated heterocycles. The number of carbonyl (C=O) groups excluding carboxylic acids is 2. The van der Waals surface area contributed by atoms with Gasteiger partial charge >= 0.3 is 0 Å². The van der Waals surface area contributed by atoms with Gasteiger partial charge in [-0.2, -0.15) is 0 Å². The van der Waals surface area contributed by atoms with E-state index < -0.39 is 5.82 Å². The average Bonchev–Trinajstić information content (AvgIpc) is 3.33. The van der Waals surface area contributed by atoms with Crippen LogP contribution in [0.2, 0.25) is 0 Å². The Bertz CT molecular complexity index is 1260. The van der Waals surface area contributed by atoms with Gasteiger partial charge < -0.3 is 19.5 Å². The van der Waals surface area contributed by atoms with Gasteiger partial charge in [-0.15, -0.1) is 0 Å². The number of anilines is 1. The maximum atomic E-state index is 13.7. The molecule has 5 rings (SSSR count). The molecule has 3 heterocycles. The molecule has 2 aliphatic rings. The van der Waals surface area contributed by atoms with Crippen molar-refractivity contribution in [3.05, 3.63) is 77.3 Å². The van der Waals surface area contributed by atoms with Crippen molar-refractivity contribution in [2.75, 3.05) is 38.5 Å². The van der Waals surface area contributed by atoms with Crippen LogP contribution in [0.15, 0.2) is 59.0 Å². The number of rotatable bonds is 3. The Hall–Kier alpha value is -3.71. The first-order valence-electron chi connectivity index (χ1n) is 11.0. The number of furan rings is 1. The third kappa shape index (κ3) is 4.32. The quantitative estimate of drug-likeness (QED) is 0.609. The maximum absolute atomic E-state index is 13.7. The van der Waals surface area contributed by atoms with E-state index in [2.05, 4.69) is 17.3 Å². The lowest BCUT2D eigenvalue weighted by molar-refractivity contribution is -0.110. The summed E-state index contributed by atoms with van der Waals surface area (Å²) in [4.78, 5) is 29.5. The minimum Gasteiger partial charge on any atom is -0.457 e. The smallest absolute Gasteiger partial charge is 0.256 e. The van der Waals surface area contributed by atoms with E-state index in [1.165, 1.54) is 12.1 Å². The van der Waals surface area contributed by atoms with Crippen LogP contribution in [-0.2, 0) is 4.79 Å². The molecular weight excluding hydrogens is 421 g/mol. The number of carbonyl (C=O) groups is 2. The van der Waals surface area contributed by atoms with Crippen LogP contribution >= 0.6 is 0 Å². The summed E-state index contributed by atoms with van der Waals surface area (Å²) >= 11 is 0. The molecule has 1 fully saturated rings. The zero-order valence-electron chi connectivity index (χ0n) is 18.3. The molecule has 33 heavy (non-hydrogen) atoms. The van der Waals surface area contributed by atoms with E-state index in [1.807, 2.05) is 29.2 Å². The van der Waals surface area contributed by atoms with Crippen molar-refractivity contribution in [2.24, 2.45) is 0 Å². The van der Waals surface area contributed by atoms with Gasteiger partial charge in [0.05, 0.1) is 5.57 Å². The number of likely N-dealkylation sites (N-methyl/N-ethyl adjacent to an activating group) is 1. The summed E-state index contributed by atoms with van der Waals surface area (Å²) in [6.07, 6.45) is 2.56. The van der Waals surface area contributed by atoms with Gasteiger partial charge in [0.15, 0.2) is 0 Å². The molecule has 0 unspecified atom stereocenters. The van der Waals surface area contributed by atoms with Gasteiger partial charge in [-0.1, -0.05) is 12.1 Å². The summed E-state index contributed by atoms with van der Waals surface area (Å²) in [5, 5.41) is 2.73. The molecule has 2 aliphatic heterocycles. The zero-order valence-corrected chi connectivity index (χ0v) is 18.3. The highest BCUT2D eigenvalue weighted by Crippen LogP contribution is 2.34. The fourth-order valence-corrected chi connectivity index (χ4v) is 4.27. The minimum absolute atomic E-state index is 0.0160. The fraction of sp³-hybridized carbons (Fsp3) is 0.231. The number of nitrogens with zero attached hydrogens (tertiary/aromatic N) is 2. The van der Waals surface area contributed by atoms with Crippen LogP contribution in [0.3, 0.4) is 0 Å². The van der Waals surface area contributed by atoms with Crippen molar-refractivity contribution in [1.82, 2.24) is 9.80 Å². The Morgan fingerprint density at radius 3 is 2.82 bits per heavy atom. The minimum atomic E-state index is -0.409. The zero-order chi connectivity index (χ0) is 22.9. The van der Waals surface area contributed by atoms with E-state index in [0.717, 1.165) is 31.6 Å². The Morgan fingerprint density at radius 1 is 1.06 bits per heavy atom. The van der Waals surface area contributed by atoms with Crippen molar-refractivity contribution in [1.29, 1.82) is 0 Å². The Kier molecular flexibility index (Phi) is 5.56. The molecule has 168 valence electrons. The molecule has 0 atom stereocenters. The molecule has 0 aliphatic carbocycles. The van der Waals surface area contributed by atoms with Crippen LogP contribution in [0.5, 0.6) is 0 Å². The standard InChI is InChI=1S/C26H24FN3O3/c1-29-10-3-11-30(13-12-29)26(32)18-5-2-4-17(14-18)24-9-7-20(33-24)16-22-21-15-19(27)6-8-23(21)28-25(22)31/h2,4-9,14-16H,3,10-13H2,1H3,(H,28,31). The maximum Gasteiger partial charge on any atom is 0.256 e. The van der Waals surface area contributed by atoms with Crippen LogP contribution in [0.25, 0.3) is 23.0 Å². The SMILES string of the molecule is CN1CCCN(C(=O)c2cccc(-c3ccc(C=C4C(=O)Nc5ccc(F)cc54)o3)c2)CC1. The van der Waals surface area contributed by atoms with E-state index in [4.69, 9.17) is 4.42 Å². The number of hydrogen-bond acceptors (Lipinski definition) is 4. The molecule has 0 bridgehead atoms. The lowest BCUT2D eigenvalue weighted by Crippen LogP contribution is -2.34. The molecule has 0 saturated carbocycles. The first-order valence-corrected chi connectivity index (χ1v) is 11.0. The molecule has 1 N–H and O–H groups in total. The van der Waals surface area contributed by atoms with Crippen molar-refractivity contribution in [3.8, 4) is 11.3 Å². The van der Waals surface area contributed by atoms with E-state index >= 15 is 0 Å². The highest BCUT2D eigenvalue weighted by Gasteiger charge is 2.25. The number of halogens is 1. The van der Waals surface area contributed by atoms with E-state index in [1.54, 1.807) is 24.3 Å². The highest BCUT2D eigenvalue weighted by molar-refractivity contribution is 6.34. The number of fused-ring (bicyclic) bond motifs is 1. The Labute approximate surface area is 191 Å². The first-order chi connectivity index (χ1) is 16.0. The highest BCUT2D eigenvalue weighted by atomic mass is 19.1. The van der Waals surface area contributed by atoms with Crippen LogP contribution in [0, 0.1) is 5.82 Å². The first kappa shape index (κ1) is 21.2. The van der Waals surface area contributed by atoms with Gasteiger partial charge in [0, 0.05) is 42.0 Å². The normalized spacial score (nSPS) is 17.7. The molecule has 2 amide bonds. The van der Waals surface area contributed by atoms with E-state index in [9.17, 15) is 14.0 Å². The third-order valence-electron chi connectivity index (χ3n) is 6.08. The van der Waals surface area contributed by atoms with Crippen molar-refractivity contribution in [2.45, 2.75) is 6.42 Å². The number of nitrogens with one attached hydrogen (secondary N) is 1. The molecule has 7 heteroatoms. The van der Waals surface area contributed by atoms with Crippen LogP contribution in [0.4, 0.5) is 10.1 Å². The molecule has 0 spiro atoms. The lowest BCUT2D eigenvalue weighted by Gasteiger charge is -2.20. The van der Waals surface area contributed by atoms with Crippen LogP contribution < -0.4 is 5.32 Å². The van der Waals surface area contributed by atoms with Crippen molar-refractivity contribution in [3.63, 3.8) is 0 Å².